The molecule has 1 spiro atoms. The van der Waals surface area contributed by atoms with Crippen LogP contribution in [0, 0.1) is 0 Å². The van der Waals surface area contributed by atoms with Gasteiger partial charge >= 0.3 is 0 Å². The van der Waals surface area contributed by atoms with Crippen molar-refractivity contribution in [2.45, 2.75) is 5.41 Å². The third kappa shape index (κ3) is 6.46. The van der Waals surface area contributed by atoms with Crippen molar-refractivity contribution in [1.29, 1.82) is 0 Å². The zero-order chi connectivity index (χ0) is 49.5. The van der Waals surface area contributed by atoms with Gasteiger partial charge in [-0.25, -0.2) is 0 Å². The number of aromatic nitrogens is 1. The molecule has 0 bridgehead atoms. The van der Waals surface area contributed by atoms with Crippen molar-refractivity contribution in [3.63, 3.8) is 0 Å². The van der Waals surface area contributed by atoms with E-state index in [4.69, 9.17) is 0 Å². The minimum Gasteiger partial charge on any atom is -0.309 e. The zero-order valence-electron chi connectivity index (χ0n) is 41.1. The number of benzene rings is 12. The van der Waals surface area contributed by atoms with E-state index in [0.29, 0.717) is 0 Å². The third-order valence-corrected chi connectivity index (χ3v) is 16.0. The maximum Gasteiger partial charge on any atom is 0.0726 e. The van der Waals surface area contributed by atoms with E-state index < -0.39 is 5.41 Å². The second-order valence-corrected chi connectivity index (χ2v) is 19.9. The van der Waals surface area contributed by atoms with Crippen molar-refractivity contribution >= 4 is 38.9 Å². The summed E-state index contributed by atoms with van der Waals surface area (Å²) in [4.78, 5) is 2.56. The Bertz CT molecular complexity index is 4250. The van der Waals surface area contributed by atoms with Gasteiger partial charge in [0, 0.05) is 33.3 Å². The maximum absolute atomic E-state index is 2.56. The highest BCUT2D eigenvalue weighted by molar-refractivity contribution is 6.10. The van der Waals surface area contributed by atoms with E-state index in [1.807, 2.05) is 0 Å². The number of hydrogen-bond donors (Lipinski definition) is 0. The average molecular weight is 953 g/mol. The number of para-hydroxylation sites is 2. The van der Waals surface area contributed by atoms with Crippen LogP contribution in [-0.4, -0.2) is 4.57 Å². The van der Waals surface area contributed by atoms with Crippen molar-refractivity contribution in [3.05, 3.63) is 313 Å². The monoisotopic (exact) mass is 952 g/mol. The molecule has 2 heteroatoms. The average Bonchev–Trinajstić information content (AvgIpc) is 4.17. The largest absolute Gasteiger partial charge is 0.309 e. The Morgan fingerprint density at radius 2 is 0.707 bits per heavy atom. The maximum atomic E-state index is 2.56. The normalized spacial score (nSPS) is 12.6. The van der Waals surface area contributed by atoms with Crippen LogP contribution >= 0.6 is 0 Å². The molecule has 15 rings (SSSR count). The van der Waals surface area contributed by atoms with Crippen molar-refractivity contribution in [2.75, 3.05) is 4.90 Å². The lowest BCUT2D eigenvalue weighted by Crippen LogP contribution is -2.26. The lowest BCUT2D eigenvalue weighted by Gasteiger charge is -2.33. The minimum atomic E-state index is -0.499. The molecule has 0 atom stereocenters. The van der Waals surface area contributed by atoms with E-state index in [-0.39, 0.29) is 0 Å². The molecule has 0 amide bonds. The molecule has 0 fully saturated rings. The predicted molar refractivity (Wildman–Crippen MR) is 314 cm³/mol. The van der Waals surface area contributed by atoms with Crippen LogP contribution in [0.1, 0.15) is 22.3 Å². The quantitative estimate of drug-likeness (QED) is 0.147. The molecule has 75 heavy (non-hydrogen) atoms. The van der Waals surface area contributed by atoms with Gasteiger partial charge in [0.1, 0.15) is 0 Å². The summed E-state index contributed by atoms with van der Waals surface area (Å²) in [6.45, 7) is 0. The molecular weight excluding hydrogens is 905 g/mol. The lowest BCUT2D eigenvalue weighted by molar-refractivity contribution is 0.794. The Morgan fingerprint density at radius 1 is 0.267 bits per heavy atom. The van der Waals surface area contributed by atoms with Crippen LogP contribution in [0.4, 0.5) is 17.1 Å². The number of hydrogen-bond acceptors (Lipinski definition) is 1. The summed E-state index contributed by atoms with van der Waals surface area (Å²) in [5, 5.41) is 2.51. The Kier molecular flexibility index (Phi) is 9.83. The summed E-state index contributed by atoms with van der Waals surface area (Å²) < 4.78 is 2.40. The van der Waals surface area contributed by atoms with Crippen LogP contribution in [0.25, 0.3) is 94.3 Å². The van der Waals surface area contributed by atoms with Crippen LogP contribution in [0.15, 0.2) is 291 Å². The fourth-order valence-electron chi connectivity index (χ4n) is 13.0. The topological polar surface area (TPSA) is 8.17 Å². The minimum absolute atomic E-state index is 0.499. The van der Waals surface area contributed by atoms with Gasteiger partial charge in [0.05, 0.1) is 27.8 Å². The first-order valence-corrected chi connectivity index (χ1v) is 26.0. The first kappa shape index (κ1) is 42.9. The molecule has 13 aromatic rings. The van der Waals surface area contributed by atoms with Crippen molar-refractivity contribution in [2.24, 2.45) is 0 Å². The van der Waals surface area contributed by atoms with Crippen molar-refractivity contribution in [3.8, 4) is 72.4 Å². The number of fused-ring (bicyclic) bond motifs is 13. The van der Waals surface area contributed by atoms with Gasteiger partial charge in [0.2, 0.25) is 0 Å². The van der Waals surface area contributed by atoms with Crippen molar-refractivity contribution < 1.29 is 0 Å². The molecular formula is C73H48N2. The summed E-state index contributed by atoms with van der Waals surface area (Å²) >= 11 is 0. The predicted octanol–water partition coefficient (Wildman–Crippen LogP) is 19.3. The first-order chi connectivity index (χ1) is 37.3. The van der Waals surface area contributed by atoms with Gasteiger partial charge in [0.15, 0.2) is 0 Å². The summed E-state index contributed by atoms with van der Waals surface area (Å²) in [6, 6.07) is 108. The molecule has 0 N–H and O–H groups in total. The zero-order valence-corrected chi connectivity index (χ0v) is 41.1. The molecule has 2 aliphatic rings. The van der Waals surface area contributed by atoms with E-state index >= 15 is 0 Å². The van der Waals surface area contributed by atoms with Gasteiger partial charge in [-0.15, -0.1) is 0 Å². The van der Waals surface area contributed by atoms with E-state index in [9.17, 15) is 0 Å². The first-order valence-electron chi connectivity index (χ1n) is 26.0. The smallest absolute Gasteiger partial charge is 0.0726 e. The number of nitrogens with zero attached hydrogens (tertiary/aromatic N) is 2. The number of anilines is 3. The van der Waals surface area contributed by atoms with E-state index in [1.54, 1.807) is 0 Å². The van der Waals surface area contributed by atoms with E-state index in [2.05, 4.69) is 301 Å². The second kappa shape index (κ2) is 17.2. The number of rotatable bonds is 8. The second-order valence-electron chi connectivity index (χ2n) is 19.9. The standard InChI is InChI=1S/C73H48N2/c1-3-22-50(23-4-1)55-28-7-8-33-61(55)71-56(51-24-5-2-6-25-51)35-20-42-69(71)74(53-46-44-49(45-47-53)52-26-19-27-54(48-52)75-67-40-17-12-31-59(67)60-32-13-18-41-68(60)75)70-43-21-39-66-72(70)62-34-11-16-38-65(62)73(66)63-36-14-9-29-57(63)58-30-10-15-37-64(58)73/h1-48H. The highest BCUT2D eigenvalue weighted by Crippen LogP contribution is 2.65. The highest BCUT2D eigenvalue weighted by Gasteiger charge is 2.52. The Hall–Kier alpha value is -9.76. The van der Waals surface area contributed by atoms with Crippen LogP contribution in [0.2, 0.25) is 0 Å². The molecule has 0 unspecified atom stereocenters. The molecule has 350 valence electrons. The van der Waals surface area contributed by atoms with Crippen LogP contribution in [0.3, 0.4) is 0 Å². The fraction of sp³-hybridized carbons (Fsp3) is 0.0137. The molecule has 1 heterocycles. The van der Waals surface area contributed by atoms with Gasteiger partial charge in [-0.1, -0.05) is 243 Å². The Morgan fingerprint density at radius 3 is 1.35 bits per heavy atom. The van der Waals surface area contributed by atoms with Crippen LogP contribution in [0.5, 0.6) is 0 Å². The molecule has 0 radical (unpaired) electrons. The summed E-state index contributed by atoms with van der Waals surface area (Å²) in [6.07, 6.45) is 0. The van der Waals surface area contributed by atoms with Gasteiger partial charge in [0.25, 0.3) is 0 Å². The highest BCUT2D eigenvalue weighted by atomic mass is 15.1. The molecule has 2 aliphatic carbocycles. The van der Waals surface area contributed by atoms with Crippen molar-refractivity contribution in [1.82, 2.24) is 4.57 Å². The van der Waals surface area contributed by atoms with E-state index in [0.717, 1.165) is 39.4 Å². The summed E-state index contributed by atoms with van der Waals surface area (Å²) in [5.74, 6) is 0. The van der Waals surface area contributed by atoms with Crippen LogP contribution in [-0.2, 0) is 5.41 Å². The SMILES string of the molecule is c1ccc(-c2ccccc2-c2c(-c3ccccc3)cccc2N(c2ccc(-c3cccc(-n4c5ccccc5c5ccccc54)c3)cc2)c2cccc3c2-c2ccccc2C32c3ccccc3-c3ccccc32)cc1. The van der Waals surface area contributed by atoms with Gasteiger partial charge in [-0.05, 0) is 126 Å². The molecule has 1 aromatic heterocycles. The lowest BCUT2D eigenvalue weighted by atomic mass is 9.70. The van der Waals surface area contributed by atoms with Gasteiger partial charge in [-0.2, -0.15) is 0 Å². The Balaban J connectivity index is 0.985. The van der Waals surface area contributed by atoms with Crippen LogP contribution < -0.4 is 4.90 Å². The molecule has 2 nitrogen and oxygen atoms in total. The molecule has 12 aromatic carbocycles. The molecule has 0 saturated heterocycles. The third-order valence-electron chi connectivity index (χ3n) is 16.0. The fourth-order valence-corrected chi connectivity index (χ4v) is 13.0. The summed E-state index contributed by atoms with van der Waals surface area (Å²) in [5.41, 5.74) is 26.0. The Labute approximate surface area is 437 Å². The van der Waals surface area contributed by atoms with E-state index in [1.165, 1.54) is 94.1 Å². The van der Waals surface area contributed by atoms with Gasteiger partial charge < -0.3 is 9.47 Å². The summed E-state index contributed by atoms with van der Waals surface area (Å²) in [7, 11) is 0. The molecule has 0 saturated carbocycles. The molecule has 0 aliphatic heterocycles. The van der Waals surface area contributed by atoms with Gasteiger partial charge in [-0.3, -0.25) is 0 Å².